The van der Waals surface area contributed by atoms with Crippen molar-refractivity contribution in [3.63, 3.8) is 0 Å². The Morgan fingerprint density at radius 1 is 1.25 bits per heavy atom. The first kappa shape index (κ1) is 14.3. The molecule has 20 heavy (non-hydrogen) atoms. The first-order valence-corrected chi connectivity index (χ1v) is 8.03. The van der Waals surface area contributed by atoms with Crippen molar-refractivity contribution in [2.45, 2.75) is 56.1 Å². The van der Waals surface area contributed by atoms with Gasteiger partial charge in [0.05, 0.1) is 5.54 Å². The maximum Gasteiger partial charge on any atom is 0.237 e. The van der Waals surface area contributed by atoms with Crippen LogP contribution in [0.3, 0.4) is 0 Å². The summed E-state index contributed by atoms with van der Waals surface area (Å²) in [4.78, 5) is 16.6. The summed E-state index contributed by atoms with van der Waals surface area (Å²) < 4.78 is 0. The number of amides is 1. The largest absolute Gasteiger partial charge is 0.368 e. The summed E-state index contributed by atoms with van der Waals surface area (Å²) in [6.45, 7) is 3.57. The number of fused-ring (bicyclic) bond motifs is 1. The highest BCUT2D eigenvalue weighted by molar-refractivity contribution is 5.84. The normalized spacial score (nSPS) is 43.4. The van der Waals surface area contributed by atoms with Crippen LogP contribution < -0.4 is 11.5 Å². The molecule has 2 heterocycles. The van der Waals surface area contributed by atoms with Crippen LogP contribution in [0.15, 0.2) is 0 Å². The molecule has 4 unspecified atom stereocenters. The maximum atomic E-state index is 11.5. The van der Waals surface area contributed by atoms with Crippen LogP contribution in [0, 0.1) is 5.92 Å². The summed E-state index contributed by atoms with van der Waals surface area (Å²) >= 11 is 0. The zero-order valence-electron chi connectivity index (χ0n) is 12.6. The fourth-order valence-electron chi connectivity index (χ4n) is 4.60. The van der Waals surface area contributed by atoms with Crippen LogP contribution in [-0.4, -0.2) is 60.0 Å². The van der Waals surface area contributed by atoms with E-state index in [9.17, 15) is 4.79 Å². The molecule has 3 rings (SSSR count). The predicted octanol–water partition coefficient (Wildman–Crippen LogP) is 0.138. The predicted molar refractivity (Wildman–Crippen MR) is 79.1 cm³/mol. The van der Waals surface area contributed by atoms with Gasteiger partial charge in [0, 0.05) is 18.6 Å². The Morgan fingerprint density at radius 3 is 2.75 bits per heavy atom. The van der Waals surface area contributed by atoms with E-state index in [0.717, 1.165) is 37.8 Å². The second-order valence-corrected chi connectivity index (χ2v) is 7.15. The van der Waals surface area contributed by atoms with E-state index in [2.05, 4.69) is 16.8 Å². The number of piperidine rings is 2. The average molecular weight is 280 g/mol. The molecule has 0 aromatic heterocycles. The lowest BCUT2D eigenvalue weighted by molar-refractivity contribution is -0.123. The molecule has 1 amide bonds. The summed E-state index contributed by atoms with van der Waals surface area (Å²) in [5, 5.41) is 0. The third-order valence-electron chi connectivity index (χ3n) is 5.91. The van der Waals surface area contributed by atoms with Gasteiger partial charge in [-0.05, 0) is 64.6 Å². The minimum atomic E-state index is -0.759. The lowest BCUT2D eigenvalue weighted by Gasteiger charge is -2.47. The third kappa shape index (κ3) is 2.47. The van der Waals surface area contributed by atoms with Crippen LogP contribution in [0.25, 0.3) is 0 Å². The molecule has 3 aliphatic rings. The van der Waals surface area contributed by atoms with Crippen molar-refractivity contribution in [3.8, 4) is 0 Å². The van der Waals surface area contributed by atoms with Gasteiger partial charge < -0.3 is 16.4 Å². The number of likely N-dealkylation sites (tertiary alicyclic amines) is 2. The van der Waals surface area contributed by atoms with E-state index in [1.807, 2.05) is 0 Å². The van der Waals surface area contributed by atoms with Gasteiger partial charge in [0.2, 0.25) is 5.91 Å². The Hall–Kier alpha value is -0.650. The summed E-state index contributed by atoms with van der Waals surface area (Å²) in [6.07, 6.45) is 6.44. The number of carbonyl (C=O) groups excluding carboxylic acids is 1. The molecule has 0 aromatic rings. The molecule has 1 saturated carbocycles. The maximum absolute atomic E-state index is 11.5. The second-order valence-electron chi connectivity index (χ2n) is 7.15. The lowest BCUT2D eigenvalue weighted by Crippen LogP contribution is -2.55. The van der Waals surface area contributed by atoms with E-state index in [-0.39, 0.29) is 5.91 Å². The van der Waals surface area contributed by atoms with Gasteiger partial charge >= 0.3 is 0 Å². The third-order valence-corrected chi connectivity index (χ3v) is 5.91. The average Bonchev–Trinajstić information content (AvgIpc) is 2.83. The van der Waals surface area contributed by atoms with Crippen LogP contribution in [0.2, 0.25) is 0 Å². The first-order valence-electron chi connectivity index (χ1n) is 8.03. The number of rotatable bonds is 2. The molecule has 0 radical (unpaired) electrons. The number of nitrogens with two attached hydrogens (primary N) is 2. The summed E-state index contributed by atoms with van der Waals surface area (Å²) in [7, 11) is 2.26. The minimum Gasteiger partial charge on any atom is -0.368 e. The van der Waals surface area contributed by atoms with Crippen LogP contribution in [0.4, 0.5) is 0 Å². The molecule has 0 bridgehead atoms. The van der Waals surface area contributed by atoms with E-state index in [1.165, 1.54) is 32.4 Å². The summed E-state index contributed by atoms with van der Waals surface area (Å²) in [5.41, 5.74) is 10.8. The Kier molecular flexibility index (Phi) is 3.77. The van der Waals surface area contributed by atoms with E-state index in [4.69, 9.17) is 11.5 Å². The smallest absolute Gasteiger partial charge is 0.237 e. The van der Waals surface area contributed by atoms with E-state index in [1.54, 1.807) is 0 Å². The first-order chi connectivity index (χ1) is 9.49. The molecule has 0 aromatic carbocycles. The molecular formula is C15H28N4O. The Morgan fingerprint density at radius 2 is 2.05 bits per heavy atom. The van der Waals surface area contributed by atoms with Gasteiger partial charge in [-0.3, -0.25) is 9.69 Å². The number of carbonyl (C=O) groups is 1. The highest BCUT2D eigenvalue weighted by Gasteiger charge is 2.44. The highest BCUT2D eigenvalue weighted by atomic mass is 16.1. The molecule has 2 aliphatic heterocycles. The molecule has 114 valence electrons. The highest BCUT2D eigenvalue weighted by Crippen LogP contribution is 2.36. The SMILES string of the molecule is CN1CCCC2CN(C3CCC(N)(C(N)=O)C3)CCC21. The van der Waals surface area contributed by atoms with Gasteiger partial charge in [-0.25, -0.2) is 0 Å². The Bertz CT molecular complexity index is 388. The van der Waals surface area contributed by atoms with Crippen molar-refractivity contribution in [2.75, 3.05) is 26.7 Å². The van der Waals surface area contributed by atoms with Crippen LogP contribution in [0.1, 0.15) is 38.5 Å². The zero-order chi connectivity index (χ0) is 14.3. The monoisotopic (exact) mass is 280 g/mol. The number of hydrogen-bond acceptors (Lipinski definition) is 4. The molecule has 4 N–H and O–H groups in total. The van der Waals surface area contributed by atoms with Gasteiger partial charge in [-0.1, -0.05) is 0 Å². The molecule has 3 fully saturated rings. The number of primary amides is 1. The zero-order valence-corrected chi connectivity index (χ0v) is 12.6. The summed E-state index contributed by atoms with van der Waals surface area (Å²) in [5.74, 6) is 0.469. The molecule has 5 nitrogen and oxygen atoms in total. The number of nitrogens with zero attached hydrogens (tertiary/aromatic N) is 2. The second kappa shape index (κ2) is 5.28. The standard InChI is InChI=1S/C15H28N4O/c1-18-7-2-3-11-10-19(8-5-13(11)18)12-4-6-15(17,9-12)14(16)20/h11-13H,2-10,17H2,1H3,(H2,16,20). The van der Waals surface area contributed by atoms with Gasteiger partial charge in [-0.2, -0.15) is 0 Å². The van der Waals surface area contributed by atoms with E-state index >= 15 is 0 Å². The van der Waals surface area contributed by atoms with Crippen molar-refractivity contribution >= 4 is 5.91 Å². The van der Waals surface area contributed by atoms with Crippen molar-refractivity contribution in [3.05, 3.63) is 0 Å². The quantitative estimate of drug-likeness (QED) is 0.754. The van der Waals surface area contributed by atoms with Crippen LogP contribution in [-0.2, 0) is 4.79 Å². The number of hydrogen-bond donors (Lipinski definition) is 2. The van der Waals surface area contributed by atoms with Gasteiger partial charge in [0.25, 0.3) is 0 Å². The molecule has 0 spiro atoms. The molecule has 2 saturated heterocycles. The topological polar surface area (TPSA) is 75.6 Å². The summed E-state index contributed by atoms with van der Waals surface area (Å²) in [6, 6.07) is 1.22. The lowest BCUT2D eigenvalue weighted by atomic mass is 9.83. The molecule has 1 aliphatic carbocycles. The van der Waals surface area contributed by atoms with Crippen LogP contribution >= 0.6 is 0 Å². The van der Waals surface area contributed by atoms with Crippen molar-refractivity contribution in [2.24, 2.45) is 17.4 Å². The Balaban J connectivity index is 1.61. The molecule has 5 heteroatoms. The minimum absolute atomic E-state index is 0.327. The van der Waals surface area contributed by atoms with Crippen molar-refractivity contribution in [1.29, 1.82) is 0 Å². The van der Waals surface area contributed by atoms with Crippen molar-refractivity contribution in [1.82, 2.24) is 9.80 Å². The van der Waals surface area contributed by atoms with E-state index in [0.29, 0.717) is 6.04 Å². The Labute approximate surface area is 121 Å². The van der Waals surface area contributed by atoms with Crippen molar-refractivity contribution < 1.29 is 4.79 Å². The molecular weight excluding hydrogens is 252 g/mol. The van der Waals surface area contributed by atoms with Gasteiger partial charge in [0.15, 0.2) is 0 Å². The van der Waals surface area contributed by atoms with E-state index < -0.39 is 5.54 Å². The van der Waals surface area contributed by atoms with Gasteiger partial charge in [0.1, 0.15) is 0 Å². The van der Waals surface area contributed by atoms with Crippen LogP contribution in [0.5, 0.6) is 0 Å². The molecule has 4 atom stereocenters. The van der Waals surface area contributed by atoms with Gasteiger partial charge in [-0.15, -0.1) is 0 Å². The fourth-order valence-corrected chi connectivity index (χ4v) is 4.60. The fraction of sp³-hybridized carbons (Fsp3) is 0.933.